The number of carbonyl (C=O) groups is 1. The number of benzene rings is 1. The van der Waals surface area contributed by atoms with E-state index in [1.165, 1.54) is 5.56 Å². The lowest BCUT2D eigenvalue weighted by molar-refractivity contribution is -0.121. The molecule has 0 spiro atoms. The molecule has 7 heteroatoms. The maximum absolute atomic E-state index is 12.2. The van der Waals surface area contributed by atoms with Crippen LogP contribution in [0.1, 0.15) is 29.6 Å². The Morgan fingerprint density at radius 2 is 2.08 bits per heavy atom. The lowest BCUT2D eigenvalue weighted by Crippen LogP contribution is -2.50. The number of carbonyl (C=O) groups excluding carboxylic acids is 1. The molecule has 2 atom stereocenters. The molecule has 3 rings (SSSR count). The van der Waals surface area contributed by atoms with Crippen molar-refractivity contribution >= 4 is 42.1 Å². The lowest BCUT2D eigenvalue weighted by atomic mass is 9.95. The van der Waals surface area contributed by atoms with Crippen molar-refractivity contribution in [2.75, 3.05) is 13.1 Å². The highest BCUT2D eigenvalue weighted by atomic mass is 35.5. The van der Waals surface area contributed by atoms with Gasteiger partial charge in [-0.1, -0.05) is 37.3 Å². The maximum Gasteiger partial charge on any atom is 0.226 e. The Kier molecular flexibility index (Phi) is 9.43. The summed E-state index contributed by atoms with van der Waals surface area (Å²) in [5.41, 5.74) is 2.12. The van der Waals surface area contributed by atoms with E-state index in [9.17, 15) is 4.79 Å². The number of hydrogen-bond acceptors (Lipinski definition) is 4. The van der Waals surface area contributed by atoms with Gasteiger partial charge in [-0.2, -0.15) is 0 Å². The molecular formula is C18H25Cl2N3OS. The molecule has 2 unspecified atom stereocenters. The number of hydrogen-bond donors (Lipinski definition) is 2. The van der Waals surface area contributed by atoms with Crippen LogP contribution in [-0.2, 0) is 17.6 Å². The first-order valence-corrected chi connectivity index (χ1v) is 9.06. The van der Waals surface area contributed by atoms with Crippen molar-refractivity contribution in [1.29, 1.82) is 0 Å². The van der Waals surface area contributed by atoms with Crippen LogP contribution in [0.15, 0.2) is 35.7 Å². The van der Waals surface area contributed by atoms with Gasteiger partial charge in [0.05, 0.1) is 17.1 Å². The molecule has 1 aromatic carbocycles. The molecule has 2 heterocycles. The summed E-state index contributed by atoms with van der Waals surface area (Å²) >= 11 is 1.63. The van der Waals surface area contributed by atoms with E-state index in [2.05, 4.69) is 34.7 Å². The summed E-state index contributed by atoms with van der Waals surface area (Å²) in [6.45, 7) is 4.11. The van der Waals surface area contributed by atoms with E-state index in [0.29, 0.717) is 12.3 Å². The number of rotatable bonds is 5. The topological polar surface area (TPSA) is 54.0 Å². The third-order valence-corrected chi connectivity index (χ3v) is 5.21. The van der Waals surface area contributed by atoms with E-state index in [0.717, 1.165) is 36.6 Å². The normalized spacial score (nSPS) is 19.4. The number of thiazole rings is 1. The summed E-state index contributed by atoms with van der Waals surface area (Å²) < 4.78 is 0. The van der Waals surface area contributed by atoms with E-state index in [-0.39, 0.29) is 36.8 Å². The number of piperidine rings is 1. The average molecular weight is 402 g/mol. The van der Waals surface area contributed by atoms with Crippen LogP contribution in [0, 0.1) is 5.92 Å². The molecule has 1 fully saturated rings. The molecule has 1 amide bonds. The average Bonchev–Trinajstić information content (AvgIpc) is 2.97. The SMILES string of the molecule is CC1CCNCC1NC(=O)Cc1csc(Cc2ccccc2)n1.Cl.Cl. The fourth-order valence-corrected chi connectivity index (χ4v) is 3.72. The van der Waals surface area contributed by atoms with Crippen LogP contribution in [0.5, 0.6) is 0 Å². The molecule has 1 saturated heterocycles. The number of aromatic nitrogens is 1. The molecule has 2 N–H and O–H groups in total. The number of nitrogens with zero attached hydrogens (tertiary/aromatic N) is 1. The molecule has 0 aliphatic carbocycles. The minimum absolute atomic E-state index is 0. The molecule has 1 aliphatic heterocycles. The van der Waals surface area contributed by atoms with E-state index in [1.807, 2.05) is 23.6 Å². The second-order valence-electron chi connectivity index (χ2n) is 6.22. The second kappa shape index (κ2) is 10.8. The van der Waals surface area contributed by atoms with Gasteiger partial charge in [-0.25, -0.2) is 4.98 Å². The zero-order valence-electron chi connectivity index (χ0n) is 14.2. The number of halogens is 2. The Bertz CT molecular complexity index is 651. The van der Waals surface area contributed by atoms with Crippen LogP contribution < -0.4 is 10.6 Å². The number of nitrogens with one attached hydrogen (secondary N) is 2. The molecular weight excluding hydrogens is 377 g/mol. The van der Waals surface area contributed by atoms with Crippen LogP contribution in [0.4, 0.5) is 0 Å². The van der Waals surface area contributed by atoms with Crippen molar-refractivity contribution < 1.29 is 4.79 Å². The van der Waals surface area contributed by atoms with Gasteiger partial charge in [0.1, 0.15) is 0 Å². The molecule has 138 valence electrons. The zero-order chi connectivity index (χ0) is 16.1. The highest BCUT2D eigenvalue weighted by molar-refractivity contribution is 7.09. The Balaban J connectivity index is 0.00000156. The standard InChI is InChI=1S/C18H23N3OS.2ClH/c1-13-7-8-19-11-16(13)21-17(22)10-15-12-23-18(20-15)9-14-5-3-2-4-6-14;;/h2-6,12-13,16,19H,7-11H2,1H3,(H,21,22);2*1H. The van der Waals surface area contributed by atoms with E-state index in [1.54, 1.807) is 11.3 Å². The van der Waals surface area contributed by atoms with Gasteiger partial charge >= 0.3 is 0 Å². The maximum atomic E-state index is 12.2. The van der Waals surface area contributed by atoms with Gasteiger partial charge in [0.25, 0.3) is 0 Å². The highest BCUT2D eigenvalue weighted by Gasteiger charge is 2.22. The van der Waals surface area contributed by atoms with Gasteiger partial charge in [-0.05, 0) is 24.4 Å². The van der Waals surface area contributed by atoms with Gasteiger partial charge in [0.15, 0.2) is 0 Å². The predicted octanol–water partition coefficient (Wildman–Crippen LogP) is 3.23. The van der Waals surface area contributed by atoms with Gasteiger partial charge < -0.3 is 10.6 Å². The highest BCUT2D eigenvalue weighted by Crippen LogP contribution is 2.16. The van der Waals surface area contributed by atoms with Crippen molar-refractivity contribution in [1.82, 2.24) is 15.6 Å². The molecule has 1 aliphatic rings. The fraction of sp³-hybridized carbons (Fsp3) is 0.444. The smallest absolute Gasteiger partial charge is 0.226 e. The summed E-state index contributed by atoms with van der Waals surface area (Å²) in [5.74, 6) is 0.603. The Hall–Kier alpha value is -1.14. The van der Waals surface area contributed by atoms with Gasteiger partial charge in [0.2, 0.25) is 5.91 Å². The summed E-state index contributed by atoms with van der Waals surface area (Å²) in [5, 5.41) is 9.54. The summed E-state index contributed by atoms with van der Waals surface area (Å²) in [7, 11) is 0. The first-order chi connectivity index (χ1) is 11.2. The van der Waals surface area contributed by atoms with E-state index < -0.39 is 0 Å². The van der Waals surface area contributed by atoms with Crippen LogP contribution >= 0.6 is 36.2 Å². The quantitative estimate of drug-likeness (QED) is 0.808. The van der Waals surface area contributed by atoms with Crippen molar-refractivity contribution in [3.63, 3.8) is 0 Å². The van der Waals surface area contributed by atoms with Crippen molar-refractivity contribution in [3.05, 3.63) is 52.0 Å². The van der Waals surface area contributed by atoms with Gasteiger partial charge in [0, 0.05) is 24.4 Å². The molecule has 0 radical (unpaired) electrons. The third-order valence-electron chi connectivity index (χ3n) is 4.31. The molecule has 0 saturated carbocycles. The van der Waals surface area contributed by atoms with Crippen molar-refractivity contribution in [2.24, 2.45) is 5.92 Å². The molecule has 2 aromatic rings. The predicted molar refractivity (Wildman–Crippen MR) is 108 cm³/mol. The first kappa shape index (κ1) is 21.9. The number of amides is 1. The van der Waals surface area contributed by atoms with E-state index >= 15 is 0 Å². The fourth-order valence-electron chi connectivity index (χ4n) is 2.89. The van der Waals surface area contributed by atoms with Crippen LogP contribution in [-0.4, -0.2) is 30.0 Å². The van der Waals surface area contributed by atoms with E-state index in [4.69, 9.17) is 0 Å². The van der Waals surface area contributed by atoms with Gasteiger partial charge in [-0.15, -0.1) is 36.2 Å². The largest absolute Gasteiger partial charge is 0.351 e. The van der Waals surface area contributed by atoms with Gasteiger partial charge in [-0.3, -0.25) is 4.79 Å². The third kappa shape index (κ3) is 6.59. The zero-order valence-corrected chi connectivity index (χ0v) is 16.7. The second-order valence-corrected chi connectivity index (χ2v) is 7.16. The molecule has 0 bridgehead atoms. The minimum atomic E-state index is 0. The Morgan fingerprint density at radius 1 is 1.32 bits per heavy atom. The van der Waals surface area contributed by atoms with Crippen molar-refractivity contribution in [3.8, 4) is 0 Å². The van der Waals surface area contributed by atoms with Crippen LogP contribution in [0.3, 0.4) is 0 Å². The summed E-state index contributed by atoms with van der Waals surface area (Å²) in [6.07, 6.45) is 2.31. The molecule has 1 aromatic heterocycles. The lowest BCUT2D eigenvalue weighted by Gasteiger charge is -2.30. The summed E-state index contributed by atoms with van der Waals surface area (Å²) in [6, 6.07) is 10.5. The first-order valence-electron chi connectivity index (χ1n) is 8.18. The minimum Gasteiger partial charge on any atom is -0.351 e. The summed E-state index contributed by atoms with van der Waals surface area (Å²) in [4.78, 5) is 16.8. The van der Waals surface area contributed by atoms with Crippen LogP contribution in [0.2, 0.25) is 0 Å². The molecule has 4 nitrogen and oxygen atoms in total. The monoisotopic (exact) mass is 401 g/mol. The van der Waals surface area contributed by atoms with Crippen molar-refractivity contribution in [2.45, 2.75) is 32.2 Å². The molecule has 25 heavy (non-hydrogen) atoms. The Labute approximate surface area is 165 Å². The van der Waals surface area contributed by atoms with Crippen LogP contribution in [0.25, 0.3) is 0 Å². The Morgan fingerprint density at radius 3 is 2.80 bits per heavy atom.